The third kappa shape index (κ3) is 3.01. The molecule has 0 aliphatic rings. The molecule has 82 valence electrons. The molecule has 0 aliphatic heterocycles. The predicted molar refractivity (Wildman–Crippen MR) is 56.7 cm³/mol. The maximum atomic E-state index is 11.4. The molecule has 1 heterocycles. The van der Waals surface area contributed by atoms with Crippen molar-refractivity contribution in [3.8, 4) is 0 Å². The van der Waals surface area contributed by atoms with Gasteiger partial charge in [-0.2, -0.15) is 0 Å². The molecular weight excluding hydrogens is 192 g/mol. The second-order valence-corrected chi connectivity index (χ2v) is 3.37. The summed E-state index contributed by atoms with van der Waals surface area (Å²) < 4.78 is 4.68. The molecule has 1 rings (SSSR count). The van der Waals surface area contributed by atoms with E-state index in [1.807, 2.05) is 6.92 Å². The van der Waals surface area contributed by atoms with Crippen molar-refractivity contribution in [3.63, 3.8) is 0 Å². The number of methoxy groups -OCH3 is 1. The number of aryl methyl sites for hydroxylation is 2. The van der Waals surface area contributed by atoms with Crippen LogP contribution in [0.25, 0.3) is 0 Å². The van der Waals surface area contributed by atoms with E-state index in [1.54, 1.807) is 6.20 Å². The van der Waals surface area contributed by atoms with Gasteiger partial charge in [0.15, 0.2) is 0 Å². The fourth-order valence-electron chi connectivity index (χ4n) is 1.33. The lowest BCUT2D eigenvalue weighted by molar-refractivity contribution is 0.0598. The zero-order valence-corrected chi connectivity index (χ0v) is 9.41. The molecular formula is C11H16N2O2. The SMILES string of the molecule is CCCCc1nc(C)ncc1C(=O)OC. The van der Waals surface area contributed by atoms with Gasteiger partial charge in [0.25, 0.3) is 0 Å². The number of carbonyl (C=O) groups excluding carboxylic acids is 1. The van der Waals surface area contributed by atoms with Crippen molar-refractivity contribution in [1.29, 1.82) is 0 Å². The Balaban J connectivity index is 2.97. The van der Waals surface area contributed by atoms with Crippen LogP contribution in [0, 0.1) is 6.92 Å². The van der Waals surface area contributed by atoms with Crippen molar-refractivity contribution in [2.75, 3.05) is 7.11 Å². The molecule has 0 unspecified atom stereocenters. The molecule has 0 radical (unpaired) electrons. The van der Waals surface area contributed by atoms with E-state index in [0.29, 0.717) is 11.4 Å². The fourth-order valence-corrected chi connectivity index (χ4v) is 1.33. The Morgan fingerprint density at radius 1 is 1.53 bits per heavy atom. The molecule has 0 spiro atoms. The quantitative estimate of drug-likeness (QED) is 0.709. The van der Waals surface area contributed by atoms with Crippen molar-refractivity contribution >= 4 is 5.97 Å². The largest absolute Gasteiger partial charge is 0.465 e. The van der Waals surface area contributed by atoms with E-state index >= 15 is 0 Å². The normalized spacial score (nSPS) is 10.1. The van der Waals surface area contributed by atoms with E-state index in [-0.39, 0.29) is 5.97 Å². The molecule has 4 nitrogen and oxygen atoms in total. The molecule has 0 bridgehead atoms. The number of unbranched alkanes of at least 4 members (excludes halogenated alkanes) is 1. The summed E-state index contributed by atoms with van der Waals surface area (Å²) in [5, 5.41) is 0. The lowest BCUT2D eigenvalue weighted by Crippen LogP contribution is -2.09. The molecule has 0 aromatic carbocycles. The van der Waals surface area contributed by atoms with Gasteiger partial charge in [0, 0.05) is 6.20 Å². The third-order valence-electron chi connectivity index (χ3n) is 2.16. The molecule has 4 heteroatoms. The van der Waals surface area contributed by atoms with Crippen LogP contribution in [0.5, 0.6) is 0 Å². The second-order valence-electron chi connectivity index (χ2n) is 3.37. The van der Waals surface area contributed by atoms with Crippen LogP contribution in [0.1, 0.15) is 41.6 Å². The van der Waals surface area contributed by atoms with Gasteiger partial charge in [-0.3, -0.25) is 0 Å². The standard InChI is InChI=1S/C11H16N2O2/c1-4-5-6-10-9(11(14)15-3)7-12-8(2)13-10/h7H,4-6H2,1-3H3. The molecule has 1 aromatic rings. The van der Waals surface area contributed by atoms with Gasteiger partial charge < -0.3 is 4.74 Å². The predicted octanol–water partition coefficient (Wildman–Crippen LogP) is 1.91. The molecule has 0 fully saturated rings. The molecule has 15 heavy (non-hydrogen) atoms. The van der Waals surface area contributed by atoms with Crippen LogP contribution in [-0.2, 0) is 11.2 Å². The Bertz CT molecular complexity index is 350. The fraction of sp³-hybridized carbons (Fsp3) is 0.545. The van der Waals surface area contributed by atoms with E-state index in [9.17, 15) is 4.79 Å². The Hall–Kier alpha value is -1.45. The van der Waals surface area contributed by atoms with Crippen LogP contribution in [0.3, 0.4) is 0 Å². The minimum Gasteiger partial charge on any atom is -0.465 e. The smallest absolute Gasteiger partial charge is 0.341 e. The monoisotopic (exact) mass is 208 g/mol. The molecule has 0 N–H and O–H groups in total. The summed E-state index contributed by atoms with van der Waals surface area (Å²) in [4.78, 5) is 19.7. The Kier molecular flexibility index (Phi) is 4.21. The minimum atomic E-state index is -0.360. The van der Waals surface area contributed by atoms with Gasteiger partial charge >= 0.3 is 5.97 Å². The minimum absolute atomic E-state index is 0.360. The third-order valence-corrected chi connectivity index (χ3v) is 2.16. The number of rotatable bonds is 4. The van der Waals surface area contributed by atoms with Crippen molar-refractivity contribution < 1.29 is 9.53 Å². The van der Waals surface area contributed by atoms with Crippen LogP contribution in [0.2, 0.25) is 0 Å². The average molecular weight is 208 g/mol. The maximum absolute atomic E-state index is 11.4. The zero-order chi connectivity index (χ0) is 11.3. The van der Waals surface area contributed by atoms with E-state index in [1.165, 1.54) is 7.11 Å². The van der Waals surface area contributed by atoms with Crippen LogP contribution >= 0.6 is 0 Å². The first-order valence-electron chi connectivity index (χ1n) is 5.09. The number of hydrogen-bond acceptors (Lipinski definition) is 4. The Morgan fingerprint density at radius 3 is 2.87 bits per heavy atom. The van der Waals surface area contributed by atoms with E-state index in [4.69, 9.17) is 0 Å². The van der Waals surface area contributed by atoms with Crippen LogP contribution in [-0.4, -0.2) is 23.0 Å². The highest BCUT2D eigenvalue weighted by atomic mass is 16.5. The number of esters is 1. The van der Waals surface area contributed by atoms with Gasteiger partial charge in [0.2, 0.25) is 0 Å². The number of nitrogens with zero attached hydrogens (tertiary/aromatic N) is 2. The van der Waals surface area contributed by atoms with Crippen LogP contribution < -0.4 is 0 Å². The summed E-state index contributed by atoms with van der Waals surface area (Å²) >= 11 is 0. The first-order valence-corrected chi connectivity index (χ1v) is 5.09. The van der Waals surface area contributed by atoms with Gasteiger partial charge in [-0.05, 0) is 19.8 Å². The number of aromatic nitrogens is 2. The summed E-state index contributed by atoms with van der Waals surface area (Å²) in [6, 6.07) is 0. The molecule has 0 saturated heterocycles. The Labute approximate surface area is 89.7 Å². The Morgan fingerprint density at radius 2 is 2.27 bits per heavy atom. The molecule has 1 aromatic heterocycles. The highest BCUT2D eigenvalue weighted by molar-refractivity contribution is 5.90. The van der Waals surface area contributed by atoms with Gasteiger partial charge in [-0.15, -0.1) is 0 Å². The van der Waals surface area contributed by atoms with Gasteiger partial charge in [0.05, 0.1) is 18.4 Å². The van der Waals surface area contributed by atoms with Crippen molar-refractivity contribution in [3.05, 3.63) is 23.3 Å². The van der Waals surface area contributed by atoms with Crippen molar-refractivity contribution in [1.82, 2.24) is 9.97 Å². The topological polar surface area (TPSA) is 52.1 Å². The van der Waals surface area contributed by atoms with Gasteiger partial charge in [0.1, 0.15) is 5.82 Å². The molecule has 0 saturated carbocycles. The van der Waals surface area contributed by atoms with Crippen LogP contribution in [0.4, 0.5) is 0 Å². The van der Waals surface area contributed by atoms with Crippen LogP contribution in [0.15, 0.2) is 6.20 Å². The zero-order valence-electron chi connectivity index (χ0n) is 9.41. The maximum Gasteiger partial charge on any atom is 0.341 e. The summed E-state index contributed by atoms with van der Waals surface area (Å²) in [5.41, 5.74) is 1.27. The molecule has 0 aliphatic carbocycles. The highest BCUT2D eigenvalue weighted by Crippen LogP contribution is 2.10. The molecule has 0 atom stereocenters. The number of carbonyl (C=O) groups is 1. The molecule has 0 amide bonds. The van der Waals surface area contributed by atoms with Gasteiger partial charge in [-0.1, -0.05) is 13.3 Å². The summed E-state index contributed by atoms with van der Waals surface area (Å²) in [6.07, 6.45) is 4.42. The first-order chi connectivity index (χ1) is 7.19. The summed E-state index contributed by atoms with van der Waals surface area (Å²) in [7, 11) is 1.37. The highest BCUT2D eigenvalue weighted by Gasteiger charge is 2.13. The lowest BCUT2D eigenvalue weighted by atomic mass is 10.1. The average Bonchev–Trinajstić information content (AvgIpc) is 2.25. The first kappa shape index (κ1) is 11.6. The van der Waals surface area contributed by atoms with E-state index < -0.39 is 0 Å². The lowest BCUT2D eigenvalue weighted by Gasteiger charge is -2.06. The number of hydrogen-bond donors (Lipinski definition) is 0. The van der Waals surface area contributed by atoms with E-state index in [0.717, 1.165) is 25.0 Å². The van der Waals surface area contributed by atoms with E-state index in [2.05, 4.69) is 21.6 Å². The van der Waals surface area contributed by atoms with Gasteiger partial charge in [-0.25, -0.2) is 14.8 Å². The number of ether oxygens (including phenoxy) is 1. The van der Waals surface area contributed by atoms with Crippen molar-refractivity contribution in [2.45, 2.75) is 33.1 Å². The summed E-state index contributed by atoms with van der Waals surface area (Å²) in [5.74, 6) is 0.329. The summed E-state index contributed by atoms with van der Waals surface area (Å²) in [6.45, 7) is 3.92. The second kappa shape index (κ2) is 5.44. The van der Waals surface area contributed by atoms with Crippen molar-refractivity contribution in [2.24, 2.45) is 0 Å².